The summed E-state index contributed by atoms with van der Waals surface area (Å²) >= 11 is 6.02. The minimum Gasteiger partial charge on any atom is -0.488 e. The Morgan fingerprint density at radius 1 is 1.29 bits per heavy atom. The van der Waals surface area contributed by atoms with E-state index in [1.54, 1.807) is 0 Å². The first kappa shape index (κ1) is 14.4. The number of fused-ring (bicyclic) bond motifs is 1. The lowest BCUT2D eigenvalue weighted by Crippen LogP contribution is -2.31. The van der Waals surface area contributed by atoms with Crippen molar-refractivity contribution in [3.63, 3.8) is 0 Å². The fourth-order valence-corrected chi connectivity index (χ4v) is 2.96. The van der Waals surface area contributed by atoms with Crippen molar-refractivity contribution < 1.29 is 4.74 Å². The molecule has 1 aliphatic rings. The fraction of sp³-hybridized carbons (Fsp3) is 0.333. The van der Waals surface area contributed by atoms with Crippen molar-refractivity contribution in [3.05, 3.63) is 64.2 Å². The van der Waals surface area contributed by atoms with Gasteiger partial charge in [0.2, 0.25) is 0 Å². The molecule has 0 fully saturated rings. The highest BCUT2D eigenvalue weighted by atomic mass is 35.5. The lowest BCUT2D eigenvalue weighted by atomic mass is 10.1. The average molecular weight is 302 g/mol. The van der Waals surface area contributed by atoms with E-state index in [1.807, 2.05) is 18.2 Å². The monoisotopic (exact) mass is 301 g/mol. The van der Waals surface area contributed by atoms with Crippen molar-refractivity contribution in [2.45, 2.75) is 32.4 Å². The molecule has 3 rings (SSSR count). The van der Waals surface area contributed by atoms with Gasteiger partial charge in [-0.3, -0.25) is 0 Å². The van der Waals surface area contributed by atoms with Gasteiger partial charge in [0.05, 0.1) is 0 Å². The molecular weight excluding hydrogens is 282 g/mol. The largest absolute Gasteiger partial charge is 0.488 e. The maximum atomic E-state index is 6.02. The molecule has 1 unspecified atom stereocenters. The van der Waals surface area contributed by atoms with E-state index < -0.39 is 0 Å². The molecule has 0 amide bonds. The minimum absolute atomic E-state index is 0.186. The predicted octanol–water partition coefficient (Wildman–Crippen LogP) is 4.30. The molecule has 2 atom stereocenters. The summed E-state index contributed by atoms with van der Waals surface area (Å²) in [5, 5.41) is 4.34. The van der Waals surface area contributed by atoms with Crippen LogP contribution in [-0.4, -0.2) is 12.6 Å². The summed E-state index contributed by atoms with van der Waals surface area (Å²) in [5.41, 5.74) is 3.81. The van der Waals surface area contributed by atoms with Gasteiger partial charge >= 0.3 is 0 Å². The van der Waals surface area contributed by atoms with E-state index in [0.29, 0.717) is 6.04 Å². The van der Waals surface area contributed by atoms with Crippen LogP contribution in [0.5, 0.6) is 5.75 Å². The smallest absolute Gasteiger partial charge is 0.123 e. The molecule has 110 valence electrons. The topological polar surface area (TPSA) is 21.3 Å². The van der Waals surface area contributed by atoms with E-state index >= 15 is 0 Å². The van der Waals surface area contributed by atoms with Gasteiger partial charge in [0, 0.05) is 24.0 Å². The molecule has 0 aliphatic carbocycles. The zero-order valence-corrected chi connectivity index (χ0v) is 13.2. The Morgan fingerprint density at radius 2 is 2.14 bits per heavy atom. The first-order valence-electron chi connectivity index (χ1n) is 7.37. The van der Waals surface area contributed by atoms with Crippen LogP contribution in [0.1, 0.15) is 29.7 Å². The van der Waals surface area contributed by atoms with Crippen molar-refractivity contribution >= 4 is 11.6 Å². The van der Waals surface area contributed by atoms with Gasteiger partial charge in [-0.2, -0.15) is 0 Å². The molecule has 2 aromatic carbocycles. The number of rotatable bonds is 4. The van der Waals surface area contributed by atoms with Gasteiger partial charge in [0.15, 0.2) is 0 Å². The third-order valence-electron chi connectivity index (χ3n) is 3.96. The standard InChI is InChI=1S/C18H20ClNO/c1-12-4-3-5-14(8-12)13(2)20-11-17-10-15-9-16(19)6-7-18(15)21-17/h3-9,13,17,20H,10-11H2,1-2H3/t13-,17?/m0/s1. The van der Waals surface area contributed by atoms with Gasteiger partial charge in [-0.05, 0) is 43.2 Å². The maximum Gasteiger partial charge on any atom is 0.123 e. The molecule has 0 spiro atoms. The number of nitrogens with one attached hydrogen (secondary N) is 1. The predicted molar refractivity (Wildman–Crippen MR) is 87.2 cm³/mol. The molecule has 0 saturated heterocycles. The molecular formula is C18H20ClNO. The van der Waals surface area contributed by atoms with Crippen molar-refractivity contribution in [3.8, 4) is 5.75 Å². The van der Waals surface area contributed by atoms with Crippen molar-refractivity contribution in [2.75, 3.05) is 6.54 Å². The Morgan fingerprint density at radius 3 is 2.95 bits per heavy atom. The Labute approximate surface area is 131 Å². The lowest BCUT2D eigenvalue weighted by molar-refractivity contribution is 0.222. The summed E-state index contributed by atoms with van der Waals surface area (Å²) in [6.45, 7) is 5.14. The van der Waals surface area contributed by atoms with Gasteiger partial charge in [-0.1, -0.05) is 41.4 Å². The van der Waals surface area contributed by atoms with Crippen LogP contribution in [0.25, 0.3) is 0 Å². The summed E-state index contributed by atoms with van der Waals surface area (Å²) in [6.07, 6.45) is 1.11. The van der Waals surface area contributed by atoms with Crippen LogP contribution in [0.15, 0.2) is 42.5 Å². The normalized spacial score (nSPS) is 18.1. The van der Waals surface area contributed by atoms with Crippen LogP contribution >= 0.6 is 11.6 Å². The molecule has 0 aromatic heterocycles. The molecule has 1 heterocycles. The van der Waals surface area contributed by atoms with Crippen LogP contribution in [0.2, 0.25) is 5.02 Å². The first-order valence-corrected chi connectivity index (χ1v) is 7.74. The maximum absolute atomic E-state index is 6.02. The van der Waals surface area contributed by atoms with E-state index in [2.05, 4.69) is 43.4 Å². The van der Waals surface area contributed by atoms with Crippen LogP contribution < -0.4 is 10.1 Å². The lowest BCUT2D eigenvalue weighted by Gasteiger charge is -2.18. The van der Waals surface area contributed by atoms with E-state index in [9.17, 15) is 0 Å². The molecule has 3 heteroatoms. The SMILES string of the molecule is Cc1cccc([C@H](C)NCC2Cc3cc(Cl)ccc3O2)c1. The highest BCUT2D eigenvalue weighted by Gasteiger charge is 2.23. The van der Waals surface area contributed by atoms with Gasteiger partial charge in [0.25, 0.3) is 0 Å². The summed E-state index contributed by atoms with van der Waals surface area (Å²) in [6, 6.07) is 14.8. The number of benzene rings is 2. The molecule has 2 aromatic rings. The quantitative estimate of drug-likeness (QED) is 0.909. The van der Waals surface area contributed by atoms with Gasteiger partial charge in [-0.25, -0.2) is 0 Å². The Kier molecular flexibility index (Phi) is 4.18. The van der Waals surface area contributed by atoms with Crippen molar-refractivity contribution in [1.29, 1.82) is 0 Å². The molecule has 1 N–H and O–H groups in total. The second-order valence-electron chi connectivity index (χ2n) is 5.74. The van der Waals surface area contributed by atoms with Crippen LogP contribution in [0, 0.1) is 6.92 Å². The summed E-state index contributed by atoms with van der Waals surface area (Å²) in [7, 11) is 0. The molecule has 21 heavy (non-hydrogen) atoms. The van der Waals surface area contributed by atoms with Crippen molar-refractivity contribution in [2.24, 2.45) is 0 Å². The fourth-order valence-electron chi connectivity index (χ4n) is 2.77. The minimum atomic E-state index is 0.186. The molecule has 0 saturated carbocycles. The summed E-state index contributed by atoms with van der Waals surface area (Å²) in [5.74, 6) is 0.967. The second-order valence-corrected chi connectivity index (χ2v) is 6.18. The summed E-state index contributed by atoms with van der Waals surface area (Å²) in [4.78, 5) is 0. The van der Waals surface area contributed by atoms with E-state index in [-0.39, 0.29) is 6.10 Å². The summed E-state index contributed by atoms with van der Waals surface area (Å²) < 4.78 is 5.95. The van der Waals surface area contributed by atoms with Gasteiger partial charge in [-0.15, -0.1) is 0 Å². The zero-order valence-electron chi connectivity index (χ0n) is 12.4. The number of ether oxygens (including phenoxy) is 1. The molecule has 1 aliphatic heterocycles. The number of aryl methyl sites for hydroxylation is 1. The first-order chi connectivity index (χ1) is 10.1. The average Bonchev–Trinajstić information content (AvgIpc) is 2.86. The van der Waals surface area contributed by atoms with E-state index in [4.69, 9.17) is 16.3 Å². The Hall–Kier alpha value is -1.51. The molecule has 0 radical (unpaired) electrons. The van der Waals surface area contributed by atoms with Crippen molar-refractivity contribution in [1.82, 2.24) is 5.32 Å². The van der Waals surface area contributed by atoms with E-state index in [0.717, 1.165) is 23.7 Å². The van der Waals surface area contributed by atoms with Crippen LogP contribution in [-0.2, 0) is 6.42 Å². The number of halogens is 1. The van der Waals surface area contributed by atoms with Crippen LogP contribution in [0.4, 0.5) is 0 Å². The Bertz CT molecular complexity index is 641. The number of hydrogen-bond donors (Lipinski definition) is 1. The van der Waals surface area contributed by atoms with Crippen LogP contribution in [0.3, 0.4) is 0 Å². The second kappa shape index (κ2) is 6.08. The molecule has 2 nitrogen and oxygen atoms in total. The van der Waals surface area contributed by atoms with Gasteiger partial charge in [0.1, 0.15) is 11.9 Å². The molecule has 0 bridgehead atoms. The third kappa shape index (κ3) is 3.39. The third-order valence-corrected chi connectivity index (χ3v) is 4.19. The highest BCUT2D eigenvalue weighted by molar-refractivity contribution is 6.30. The Balaban J connectivity index is 1.57. The number of hydrogen-bond acceptors (Lipinski definition) is 2. The van der Waals surface area contributed by atoms with E-state index in [1.165, 1.54) is 16.7 Å². The highest BCUT2D eigenvalue weighted by Crippen LogP contribution is 2.31. The van der Waals surface area contributed by atoms with Gasteiger partial charge < -0.3 is 10.1 Å². The zero-order chi connectivity index (χ0) is 14.8.